The number of guanidine groups is 1. The van der Waals surface area contributed by atoms with E-state index in [0.717, 1.165) is 17.7 Å². The number of amides is 1. The van der Waals surface area contributed by atoms with Gasteiger partial charge in [-0.1, -0.05) is 17.7 Å². The lowest BCUT2D eigenvalue weighted by Gasteiger charge is -2.14. The zero-order valence-corrected chi connectivity index (χ0v) is 18.8. The molecule has 7 nitrogen and oxygen atoms in total. The van der Waals surface area contributed by atoms with Crippen molar-refractivity contribution in [3.8, 4) is 5.75 Å². The number of carbonyl (C=O) groups is 1. The van der Waals surface area contributed by atoms with Crippen molar-refractivity contribution in [1.82, 2.24) is 15.5 Å². The number of hydrogen-bond donors (Lipinski definition) is 2. The Hall–Kier alpha value is -1.26. The molecule has 0 atom stereocenters. The van der Waals surface area contributed by atoms with E-state index in [1.54, 1.807) is 34.4 Å². The van der Waals surface area contributed by atoms with E-state index in [1.807, 2.05) is 12.1 Å². The van der Waals surface area contributed by atoms with Crippen LogP contribution in [0.3, 0.4) is 0 Å². The van der Waals surface area contributed by atoms with E-state index in [4.69, 9.17) is 21.1 Å². The van der Waals surface area contributed by atoms with Gasteiger partial charge in [0.15, 0.2) is 5.96 Å². The fourth-order valence-corrected chi connectivity index (χ4v) is 2.17. The summed E-state index contributed by atoms with van der Waals surface area (Å²) >= 11 is 6.24. The normalized spacial score (nSPS) is 10.7. The number of rotatable bonds is 9. The number of benzene rings is 1. The number of nitrogens with one attached hydrogen (secondary N) is 2. The largest absolute Gasteiger partial charge is 0.497 e. The van der Waals surface area contributed by atoms with Gasteiger partial charge in [-0.25, -0.2) is 4.99 Å². The second-order valence-electron chi connectivity index (χ2n) is 5.51. The van der Waals surface area contributed by atoms with Crippen LogP contribution in [-0.2, 0) is 16.0 Å². The first-order valence-corrected chi connectivity index (χ1v) is 8.39. The number of hydrogen-bond acceptors (Lipinski definition) is 4. The van der Waals surface area contributed by atoms with Gasteiger partial charge in [-0.05, 0) is 24.1 Å². The SMILES string of the molecule is COCCNC(=NCC(=O)N(C)C)NCCc1ccc(OC)cc1Cl.I. The van der Waals surface area contributed by atoms with Crippen LogP contribution in [0.4, 0.5) is 0 Å². The molecular formula is C17H28ClIN4O3. The fraction of sp³-hybridized carbons (Fsp3) is 0.529. The van der Waals surface area contributed by atoms with Crippen molar-refractivity contribution in [2.24, 2.45) is 4.99 Å². The Labute approximate surface area is 177 Å². The van der Waals surface area contributed by atoms with Crippen LogP contribution in [0, 0.1) is 0 Å². The quantitative estimate of drug-likeness (QED) is 0.235. The minimum atomic E-state index is -0.0639. The van der Waals surface area contributed by atoms with Gasteiger partial charge in [-0.15, -0.1) is 24.0 Å². The molecule has 26 heavy (non-hydrogen) atoms. The highest BCUT2D eigenvalue weighted by Crippen LogP contribution is 2.22. The third-order valence-electron chi connectivity index (χ3n) is 3.42. The Morgan fingerprint density at radius 2 is 1.92 bits per heavy atom. The summed E-state index contributed by atoms with van der Waals surface area (Å²) in [5.41, 5.74) is 1.01. The van der Waals surface area contributed by atoms with Gasteiger partial charge in [0.05, 0.1) is 13.7 Å². The Bertz CT molecular complexity index is 585. The average Bonchev–Trinajstić information content (AvgIpc) is 2.60. The Morgan fingerprint density at radius 3 is 2.50 bits per heavy atom. The number of halogens is 2. The summed E-state index contributed by atoms with van der Waals surface area (Å²) in [6, 6.07) is 5.61. The molecule has 0 heterocycles. The van der Waals surface area contributed by atoms with Crippen LogP contribution in [-0.4, -0.2) is 71.3 Å². The summed E-state index contributed by atoms with van der Waals surface area (Å²) in [6.45, 7) is 1.86. The molecule has 0 saturated heterocycles. The summed E-state index contributed by atoms with van der Waals surface area (Å²) in [5, 5.41) is 6.99. The summed E-state index contributed by atoms with van der Waals surface area (Å²) in [6.07, 6.45) is 0.718. The standard InChI is InChI=1S/C17H27ClN4O3.HI/c1-22(2)16(23)12-21-17(20-9-10-24-3)19-8-7-13-5-6-14(25-4)11-15(13)18;/h5-6,11H,7-10,12H2,1-4H3,(H2,19,20,21);1H. The third kappa shape index (κ3) is 9.44. The smallest absolute Gasteiger partial charge is 0.243 e. The van der Waals surface area contributed by atoms with E-state index in [9.17, 15) is 4.79 Å². The maximum atomic E-state index is 11.7. The minimum Gasteiger partial charge on any atom is -0.497 e. The molecule has 0 fully saturated rings. The number of ether oxygens (including phenoxy) is 2. The van der Waals surface area contributed by atoms with E-state index in [0.29, 0.717) is 30.7 Å². The molecule has 0 bridgehead atoms. The summed E-state index contributed by atoms with van der Waals surface area (Å²) < 4.78 is 10.2. The molecular weight excluding hydrogens is 471 g/mol. The lowest BCUT2D eigenvalue weighted by Crippen LogP contribution is -2.40. The van der Waals surface area contributed by atoms with Gasteiger partial charge in [0.25, 0.3) is 0 Å². The molecule has 0 aliphatic carbocycles. The van der Waals surface area contributed by atoms with E-state index in [1.165, 1.54) is 4.90 Å². The van der Waals surface area contributed by atoms with E-state index in [2.05, 4.69) is 15.6 Å². The van der Waals surface area contributed by atoms with Crippen molar-refractivity contribution < 1.29 is 14.3 Å². The van der Waals surface area contributed by atoms with Crippen LogP contribution in [0.15, 0.2) is 23.2 Å². The van der Waals surface area contributed by atoms with Gasteiger partial charge in [-0.3, -0.25) is 4.79 Å². The van der Waals surface area contributed by atoms with Crippen molar-refractivity contribution in [3.05, 3.63) is 28.8 Å². The first-order chi connectivity index (χ1) is 12.0. The Morgan fingerprint density at radius 1 is 1.23 bits per heavy atom. The molecule has 1 aromatic rings. The first kappa shape index (κ1) is 24.7. The third-order valence-corrected chi connectivity index (χ3v) is 3.77. The predicted octanol–water partition coefficient (Wildman–Crippen LogP) is 1.78. The van der Waals surface area contributed by atoms with Crippen molar-refractivity contribution in [1.29, 1.82) is 0 Å². The van der Waals surface area contributed by atoms with Crippen LogP contribution < -0.4 is 15.4 Å². The molecule has 9 heteroatoms. The van der Waals surface area contributed by atoms with Gasteiger partial charge in [0.1, 0.15) is 12.3 Å². The van der Waals surface area contributed by atoms with Gasteiger partial charge in [0.2, 0.25) is 5.91 Å². The molecule has 1 amide bonds. The maximum absolute atomic E-state index is 11.7. The molecule has 2 N–H and O–H groups in total. The van der Waals surface area contributed by atoms with Crippen molar-refractivity contribution in [3.63, 3.8) is 0 Å². The molecule has 0 spiro atoms. The van der Waals surface area contributed by atoms with Gasteiger partial charge < -0.3 is 25.0 Å². The molecule has 148 valence electrons. The zero-order valence-electron chi connectivity index (χ0n) is 15.7. The number of likely N-dealkylation sites (N-methyl/N-ethyl adjacent to an activating group) is 1. The number of carbonyl (C=O) groups excluding carboxylic acids is 1. The summed E-state index contributed by atoms with van der Waals surface area (Å²) in [4.78, 5) is 17.5. The van der Waals surface area contributed by atoms with Crippen LogP contribution in [0.2, 0.25) is 5.02 Å². The summed E-state index contributed by atoms with van der Waals surface area (Å²) in [5.74, 6) is 1.23. The highest BCUT2D eigenvalue weighted by Gasteiger charge is 2.06. The van der Waals surface area contributed by atoms with Crippen molar-refractivity contribution in [2.75, 3.05) is 54.6 Å². The van der Waals surface area contributed by atoms with Crippen LogP contribution in [0.1, 0.15) is 5.56 Å². The lowest BCUT2D eigenvalue weighted by atomic mass is 10.1. The first-order valence-electron chi connectivity index (χ1n) is 8.01. The molecule has 0 radical (unpaired) electrons. The highest BCUT2D eigenvalue weighted by molar-refractivity contribution is 14.0. The van der Waals surface area contributed by atoms with Gasteiger partial charge in [0, 0.05) is 39.3 Å². The van der Waals surface area contributed by atoms with E-state index in [-0.39, 0.29) is 36.4 Å². The molecule has 0 aliphatic rings. The molecule has 0 aromatic heterocycles. The second-order valence-corrected chi connectivity index (χ2v) is 5.91. The van der Waals surface area contributed by atoms with Crippen molar-refractivity contribution in [2.45, 2.75) is 6.42 Å². The number of aliphatic imine (C=N–C) groups is 1. The topological polar surface area (TPSA) is 75.2 Å². The van der Waals surface area contributed by atoms with E-state index < -0.39 is 0 Å². The zero-order chi connectivity index (χ0) is 18.7. The second kappa shape index (κ2) is 13.9. The average molecular weight is 499 g/mol. The fourth-order valence-electron chi connectivity index (χ4n) is 1.91. The minimum absolute atomic E-state index is 0. The highest BCUT2D eigenvalue weighted by atomic mass is 127. The van der Waals surface area contributed by atoms with Gasteiger partial charge in [-0.2, -0.15) is 0 Å². The van der Waals surface area contributed by atoms with Crippen LogP contribution >= 0.6 is 35.6 Å². The van der Waals surface area contributed by atoms with E-state index >= 15 is 0 Å². The summed E-state index contributed by atoms with van der Waals surface area (Å²) in [7, 11) is 6.65. The Kier molecular flexibility index (Phi) is 13.2. The predicted molar refractivity (Wildman–Crippen MR) is 116 cm³/mol. The molecule has 0 aliphatic heterocycles. The Balaban J connectivity index is 0.00000625. The molecule has 0 unspecified atom stereocenters. The van der Waals surface area contributed by atoms with Crippen LogP contribution in [0.25, 0.3) is 0 Å². The number of methoxy groups -OCH3 is 2. The lowest BCUT2D eigenvalue weighted by molar-refractivity contribution is -0.127. The molecule has 1 aromatic carbocycles. The van der Waals surface area contributed by atoms with Crippen LogP contribution in [0.5, 0.6) is 5.75 Å². The molecule has 1 rings (SSSR count). The van der Waals surface area contributed by atoms with Crippen molar-refractivity contribution >= 4 is 47.4 Å². The van der Waals surface area contributed by atoms with Gasteiger partial charge >= 0.3 is 0 Å². The number of nitrogens with zero attached hydrogens (tertiary/aromatic N) is 2. The maximum Gasteiger partial charge on any atom is 0.243 e. The molecule has 0 saturated carbocycles. The monoisotopic (exact) mass is 498 g/mol.